The van der Waals surface area contributed by atoms with Crippen LogP contribution in [0, 0.1) is 17.7 Å². The van der Waals surface area contributed by atoms with Gasteiger partial charge in [0.25, 0.3) is 0 Å². The summed E-state index contributed by atoms with van der Waals surface area (Å²) in [4.78, 5) is 16.9. The molecule has 7 heteroatoms. The van der Waals surface area contributed by atoms with Crippen molar-refractivity contribution in [2.75, 3.05) is 38.8 Å². The second kappa shape index (κ2) is 11.2. The van der Waals surface area contributed by atoms with Crippen LogP contribution >= 0.6 is 0 Å². The van der Waals surface area contributed by atoms with Crippen LogP contribution in [0.15, 0.2) is 42.5 Å². The summed E-state index contributed by atoms with van der Waals surface area (Å²) in [5.74, 6) is 1.16. The molecule has 2 aliphatic rings. The molecule has 196 valence electrons. The number of anilines is 1. The van der Waals surface area contributed by atoms with E-state index < -0.39 is 5.60 Å². The zero-order chi connectivity index (χ0) is 25.9. The second-order valence-electron chi connectivity index (χ2n) is 10.2. The summed E-state index contributed by atoms with van der Waals surface area (Å²) in [6.45, 7) is 8.83. The van der Waals surface area contributed by atoms with E-state index >= 15 is 0 Å². The molecule has 0 radical (unpaired) electrons. The van der Waals surface area contributed by atoms with Crippen molar-refractivity contribution < 1.29 is 23.4 Å². The van der Waals surface area contributed by atoms with Gasteiger partial charge in [0.15, 0.2) is 0 Å². The number of carbonyl (C=O) groups is 1. The van der Waals surface area contributed by atoms with Crippen molar-refractivity contribution in [3.63, 3.8) is 0 Å². The number of carbonyl (C=O) groups excluding carboxylic acids is 1. The topological polar surface area (TPSA) is 51.2 Å². The number of methoxy groups -OCH3 is 1. The van der Waals surface area contributed by atoms with Gasteiger partial charge in [0, 0.05) is 64.6 Å². The second-order valence-corrected chi connectivity index (χ2v) is 10.2. The van der Waals surface area contributed by atoms with Gasteiger partial charge in [0.2, 0.25) is 0 Å². The Morgan fingerprint density at radius 1 is 1.17 bits per heavy atom. The van der Waals surface area contributed by atoms with Crippen LogP contribution in [-0.4, -0.2) is 50.9 Å². The number of ether oxygens (including phenoxy) is 3. The first-order valence-electron chi connectivity index (χ1n) is 13.0. The number of urea groups is 1. The Kier molecular flexibility index (Phi) is 8.20. The minimum atomic E-state index is -0.557. The van der Waals surface area contributed by atoms with Crippen molar-refractivity contribution in [1.29, 1.82) is 0 Å². The summed E-state index contributed by atoms with van der Waals surface area (Å²) in [7, 11) is 3.48. The van der Waals surface area contributed by atoms with Crippen LogP contribution in [0.5, 0.6) is 5.75 Å². The summed E-state index contributed by atoms with van der Waals surface area (Å²) >= 11 is 0. The zero-order valence-electron chi connectivity index (χ0n) is 22.1. The van der Waals surface area contributed by atoms with Gasteiger partial charge in [0.1, 0.15) is 18.2 Å². The van der Waals surface area contributed by atoms with E-state index in [1.54, 1.807) is 12.0 Å². The van der Waals surface area contributed by atoms with Crippen molar-refractivity contribution in [2.45, 2.75) is 58.3 Å². The molecule has 2 aliphatic heterocycles. The fourth-order valence-electron chi connectivity index (χ4n) is 5.82. The van der Waals surface area contributed by atoms with Crippen molar-refractivity contribution >= 4 is 11.7 Å². The summed E-state index contributed by atoms with van der Waals surface area (Å²) in [5.41, 5.74) is 1.98. The summed E-state index contributed by atoms with van der Waals surface area (Å²) in [6.07, 6.45) is 2.43. The number of hydrogen-bond donors (Lipinski definition) is 0. The molecule has 3 unspecified atom stereocenters. The van der Waals surface area contributed by atoms with E-state index in [1.807, 2.05) is 42.3 Å². The normalized spacial score (nSPS) is 23.5. The Morgan fingerprint density at radius 2 is 1.86 bits per heavy atom. The van der Waals surface area contributed by atoms with E-state index in [2.05, 4.69) is 20.8 Å². The Labute approximate surface area is 214 Å². The third-order valence-corrected chi connectivity index (χ3v) is 8.15. The van der Waals surface area contributed by atoms with Gasteiger partial charge in [-0.05, 0) is 54.2 Å². The predicted molar refractivity (Wildman–Crippen MR) is 139 cm³/mol. The number of nitrogens with zero attached hydrogens (tertiary/aromatic N) is 2. The molecule has 0 N–H and O–H groups in total. The highest BCUT2D eigenvalue weighted by Gasteiger charge is 2.39. The maximum Gasteiger partial charge on any atom is 0.324 e. The lowest BCUT2D eigenvalue weighted by Gasteiger charge is -2.36. The minimum Gasteiger partial charge on any atom is -0.489 e. The van der Waals surface area contributed by atoms with Gasteiger partial charge in [0.05, 0.1) is 5.60 Å². The van der Waals surface area contributed by atoms with E-state index in [0.29, 0.717) is 50.2 Å². The lowest BCUT2D eigenvalue weighted by atomic mass is 9.86. The fraction of sp³-hybridized carbons (Fsp3) is 0.552. The molecular weight excluding hydrogens is 459 g/mol. The SMILES string of the molecule is CCC1C(C)CN(C(=O)N(C)c2ccc(COc3cc(F)cc(C4(OC)CCOCC4)c3)cc2)C1C. The molecule has 0 spiro atoms. The summed E-state index contributed by atoms with van der Waals surface area (Å²) < 4.78 is 31.7. The van der Waals surface area contributed by atoms with Crippen molar-refractivity contribution in [3.8, 4) is 5.75 Å². The van der Waals surface area contributed by atoms with Crippen LogP contribution in [0.3, 0.4) is 0 Å². The van der Waals surface area contributed by atoms with Crippen molar-refractivity contribution in [1.82, 2.24) is 4.90 Å². The molecule has 36 heavy (non-hydrogen) atoms. The quantitative estimate of drug-likeness (QED) is 0.471. The highest BCUT2D eigenvalue weighted by molar-refractivity contribution is 5.91. The molecule has 3 atom stereocenters. The fourth-order valence-corrected chi connectivity index (χ4v) is 5.82. The van der Waals surface area contributed by atoms with Gasteiger partial charge in [-0.1, -0.05) is 32.4 Å². The number of benzene rings is 2. The Morgan fingerprint density at radius 3 is 2.47 bits per heavy atom. The number of halogens is 1. The molecule has 2 saturated heterocycles. The van der Waals surface area contributed by atoms with Crippen LogP contribution in [0.2, 0.25) is 0 Å². The Balaban J connectivity index is 1.40. The number of amides is 2. The molecular formula is C29H39FN2O4. The summed E-state index contributed by atoms with van der Waals surface area (Å²) in [6, 6.07) is 12.8. The first kappa shape index (κ1) is 26.4. The number of hydrogen-bond acceptors (Lipinski definition) is 4. The average molecular weight is 499 g/mol. The van der Waals surface area contributed by atoms with E-state index in [4.69, 9.17) is 14.2 Å². The number of likely N-dealkylation sites (tertiary alicyclic amines) is 1. The van der Waals surface area contributed by atoms with Gasteiger partial charge in [-0.2, -0.15) is 0 Å². The molecule has 2 amide bonds. The average Bonchev–Trinajstić information content (AvgIpc) is 3.19. The van der Waals surface area contributed by atoms with Gasteiger partial charge in [-0.25, -0.2) is 9.18 Å². The molecule has 0 saturated carbocycles. The molecule has 0 aliphatic carbocycles. The van der Waals surface area contributed by atoms with E-state index in [9.17, 15) is 9.18 Å². The Bertz CT molecular complexity index is 1040. The Hall–Kier alpha value is -2.64. The van der Waals surface area contributed by atoms with Gasteiger partial charge < -0.3 is 19.1 Å². The zero-order valence-corrected chi connectivity index (χ0v) is 22.1. The smallest absolute Gasteiger partial charge is 0.324 e. The van der Waals surface area contributed by atoms with Crippen LogP contribution in [0.4, 0.5) is 14.9 Å². The molecule has 2 fully saturated rings. The first-order valence-corrected chi connectivity index (χ1v) is 13.0. The lowest BCUT2D eigenvalue weighted by Crippen LogP contribution is -2.44. The molecule has 2 aromatic carbocycles. The van der Waals surface area contributed by atoms with Crippen LogP contribution in [0.25, 0.3) is 0 Å². The minimum absolute atomic E-state index is 0.0294. The van der Waals surface area contributed by atoms with Crippen LogP contribution in [0.1, 0.15) is 51.2 Å². The molecule has 2 heterocycles. The molecule has 4 rings (SSSR count). The molecule has 6 nitrogen and oxygen atoms in total. The largest absolute Gasteiger partial charge is 0.489 e. The van der Waals surface area contributed by atoms with Gasteiger partial charge in [-0.15, -0.1) is 0 Å². The highest BCUT2D eigenvalue weighted by Crippen LogP contribution is 2.38. The monoisotopic (exact) mass is 498 g/mol. The van der Waals surface area contributed by atoms with Crippen LogP contribution in [-0.2, 0) is 21.7 Å². The standard InChI is InChI=1S/C29H39FN2O4/c1-6-27-20(2)18-32(21(27)3)28(33)31(4)25-9-7-22(8-10-25)19-36-26-16-23(15-24(30)17-26)29(34-5)11-13-35-14-12-29/h7-10,15-17,20-21,27H,6,11-14,18-19H2,1-5H3. The highest BCUT2D eigenvalue weighted by atomic mass is 19.1. The molecule has 0 aromatic heterocycles. The lowest BCUT2D eigenvalue weighted by molar-refractivity contribution is -0.0950. The molecule has 2 aromatic rings. The van der Waals surface area contributed by atoms with E-state index in [-0.39, 0.29) is 17.9 Å². The maximum absolute atomic E-state index is 14.5. The molecule has 0 bridgehead atoms. The maximum atomic E-state index is 14.5. The van der Waals surface area contributed by atoms with E-state index in [1.165, 1.54) is 12.1 Å². The third-order valence-electron chi connectivity index (χ3n) is 8.15. The van der Waals surface area contributed by atoms with Crippen molar-refractivity contribution in [3.05, 3.63) is 59.4 Å². The number of rotatable bonds is 7. The van der Waals surface area contributed by atoms with Crippen LogP contribution < -0.4 is 9.64 Å². The predicted octanol–water partition coefficient (Wildman–Crippen LogP) is 5.98. The van der Waals surface area contributed by atoms with Gasteiger partial charge in [-0.3, -0.25) is 4.90 Å². The first-order chi connectivity index (χ1) is 17.3. The summed E-state index contributed by atoms with van der Waals surface area (Å²) in [5, 5.41) is 0. The van der Waals surface area contributed by atoms with Gasteiger partial charge >= 0.3 is 6.03 Å². The van der Waals surface area contributed by atoms with E-state index in [0.717, 1.165) is 29.8 Å². The third kappa shape index (κ3) is 5.37. The van der Waals surface area contributed by atoms with Crippen molar-refractivity contribution in [2.24, 2.45) is 11.8 Å².